The number of pyridine rings is 1. The summed E-state index contributed by atoms with van der Waals surface area (Å²) < 4.78 is 0. The molecule has 4 bridgehead atoms. The van der Waals surface area contributed by atoms with Crippen LogP contribution in [0, 0.1) is 23.2 Å². The third kappa shape index (κ3) is 4.86. The van der Waals surface area contributed by atoms with Crippen molar-refractivity contribution in [2.75, 3.05) is 23.7 Å². The number of nitrogens with zero attached hydrogens (tertiary/aromatic N) is 2. The lowest BCUT2D eigenvalue weighted by Gasteiger charge is -2.56. The van der Waals surface area contributed by atoms with Gasteiger partial charge in [-0.3, -0.25) is 9.69 Å². The first-order chi connectivity index (χ1) is 18.1. The van der Waals surface area contributed by atoms with Crippen molar-refractivity contribution >= 4 is 28.3 Å². The summed E-state index contributed by atoms with van der Waals surface area (Å²) in [7, 11) is 0. The summed E-state index contributed by atoms with van der Waals surface area (Å²) in [4.78, 5) is 20.7. The molecular formula is C32H38N4O. The minimum Gasteiger partial charge on any atom is -0.366 e. The van der Waals surface area contributed by atoms with Crippen LogP contribution in [0.2, 0.25) is 0 Å². The molecule has 0 spiro atoms. The topological polar surface area (TPSA) is 57.3 Å². The molecule has 2 N–H and O–H groups in total. The molecule has 1 saturated heterocycles. The Kier molecular flexibility index (Phi) is 5.92. The minimum atomic E-state index is 0.182. The maximum Gasteiger partial charge on any atom is 0.224 e. The van der Waals surface area contributed by atoms with Crippen LogP contribution in [-0.4, -0.2) is 34.9 Å². The molecule has 2 heterocycles. The Bertz CT molecular complexity index is 1250. The lowest BCUT2D eigenvalue weighted by Crippen LogP contribution is -2.47. The predicted octanol–water partition coefficient (Wildman–Crippen LogP) is 6.47. The Balaban J connectivity index is 0.996. The number of carbonyl (C=O) groups is 1. The third-order valence-electron chi connectivity index (χ3n) is 9.58. The van der Waals surface area contributed by atoms with Crippen LogP contribution in [0.5, 0.6) is 0 Å². The molecule has 1 unspecified atom stereocenters. The summed E-state index contributed by atoms with van der Waals surface area (Å²) in [6.07, 6.45) is 9.84. The van der Waals surface area contributed by atoms with E-state index in [-0.39, 0.29) is 11.3 Å². The molecule has 37 heavy (non-hydrogen) atoms. The van der Waals surface area contributed by atoms with Crippen molar-refractivity contribution in [3.05, 3.63) is 66.2 Å². The quantitative estimate of drug-likeness (QED) is 0.395. The molecule has 3 aromatic rings. The number of fused-ring (bicyclic) bond motifs is 1. The van der Waals surface area contributed by atoms with Gasteiger partial charge in [0, 0.05) is 37.5 Å². The molecular weight excluding hydrogens is 456 g/mol. The largest absolute Gasteiger partial charge is 0.366 e. The van der Waals surface area contributed by atoms with E-state index >= 15 is 0 Å². The van der Waals surface area contributed by atoms with Gasteiger partial charge in [0.25, 0.3) is 0 Å². The van der Waals surface area contributed by atoms with E-state index in [2.05, 4.69) is 58.0 Å². The van der Waals surface area contributed by atoms with Crippen LogP contribution in [0.15, 0.2) is 60.7 Å². The summed E-state index contributed by atoms with van der Waals surface area (Å²) in [5.74, 6) is 3.71. The van der Waals surface area contributed by atoms with Gasteiger partial charge < -0.3 is 10.6 Å². The first kappa shape index (κ1) is 23.2. The van der Waals surface area contributed by atoms with Crippen LogP contribution in [-0.2, 0) is 11.3 Å². The number of rotatable bonds is 7. The van der Waals surface area contributed by atoms with Crippen molar-refractivity contribution in [2.24, 2.45) is 23.2 Å². The highest BCUT2D eigenvalue weighted by Gasteiger charge is 2.51. The van der Waals surface area contributed by atoms with E-state index in [1.807, 2.05) is 18.2 Å². The Morgan fingerprint density at radius 1 is 0.919 bits per heavy atom. The molecule has 5 fully saturated rings. The van der Waals surface area contributed by atoms with E-state index in [0.717, 1.165) is 66.2 Å². The zero-order valence-corrected chi connectivity index (χ0v) is 21.7. The molecule has 5 aliphatic rings. The fourth-order valence-corrected chi connectivity index (χ4v) is 8.53. The van der Waals surface area contributed by atoms with Crippen molar-refractivity contribution in [2.45, 2.75) is 64.0 Å². The monoisotopic (exact) mass is 494 g/mol. The Morgan fingerprint density at radius 3 is 2.43 bits per heavy atom. The number of benzene rings is 2. The summed E-state index contributed by atoms with van der Waals surface area (Å²) in [5.41, 5.74) is 3.44. The number of hydrogen-bond donors (Lipinski definition) is 2. The standard InChI is InChI=1S/C32H38N4O/c37-31(19-32-16-23-13-24(17-32)15-25(14-23)18-32)35-29-8-4-7-28-27(29)9-10-30(34-28)33-26-11-12-36(21-26)20-22-5-2-1-3-6-22/h1-10,23-26H,11-21H2,(H,33,34)(H,35,37). The lowest BCUT2D eigenvalue weighted by atomic mass is 9.49. The smallest absolute Gasteiger partial charge is 0.224 e. The molecule has 8 rings (SSSR count). The van der Waals surface area contributed by atoms with Crippen LogP contribution in [0.3, 0.4) is 0 Å². The number of nitrogens with one attached hydrogen (secondary N) is 2. The zero-order chi connectivity index (χ0) is 24.8. The second-order valence-corrected chi connectivity index (χ2v) is 12.6. The van der Waals surface area contributed by atoms with E-state index in [1.54, 1.807) is 0 Å². The summed E-state index contributed by atoms with van der Waals surface area (Å²) in [6.45, 7) is 3.12. The van der Waals surface area contributed by atoms with E-state index < -0.39 is 0 Å². The van der Waals surface area contributed by atoms with Crippen LogP contribution < -0.4 is 10.6 Å². The van der Waals surface area contributed by atoms with Crippen molar-refractivity contribution in [3.8, 4) is 0 Å². The minimum absolute atomic E-state index is 0.182. The molecule has 192 valence electrons. The number of carbonyl (C=O) groups excluding carboxylic acids is 1. The zero-order valence-electron chi connectivity index (χ0n) is 21.7. The number of aromatic nitrogens is 1. The van der Waals surface area contributed by atoms with Crippen molar-refractivity contribution in [1.82, 2.24) is 9.88 Å². The van der Waals surface area contributed by atoms with Gasteiger partial charge in [0.15, 0.2) is 0 Å². The highest BCUT2D eigenvalue weighted by Crippen LogP contribution is 2.61. The van der Waals surface area contributed by atoms with Gasteiger partial charge >= 0.3 is 0 Å². The fraction of sp³-hybridized carbons (Fsp3) is 0.500. The lowest BCUT2D eigenvalue weighted by molar-refractivity contribution is -0.124. The molecule has 5 heteroatoms. The summed E-state index contributed by atoms with van der Waals surface area (Å²) >= 11 is 0. The molecule has 0 radical (unpaired) electrons. The maximum atomic E-state index is 13.3. The Hall–Kier alpha value is -2.92. The maximum absolute atomic E-state index is 13.3. The number of amides is 1. The molecule has 4 aliphatic carbocycles. The van der Waals surface area contributed by atoms with E-state index in [1.165, 1.54) is 44.1 Å². The molecule has 4 saturated carbocycles. The normalized spacial score (nSPS) is 30.6. The second kappa shape index (κ2) is 9.43. The van der Waals surface area contributed by atoms with Crippen LogP contribution in [0.1, 0.15) is 56.9 Å². The molecule has 5 nitrogen and oxygen atoms in total. The fourth-order valence-electron chi connectivity index (χ4n) is 8.53. The molecule has 1 aliphatic heterocycles. The molecule has 1 amide bonds. The van der Waals surface area contributed by atoms with Crippen molar-refractivity contribution < 1.29 is 4.79 Å². The van der Waals surface area contributed by atoms with Crippen LogP contribution >= 0.6 is 0 Å². The van der Waals surface area contributed by atoms with E-state index in [0.29, 0.717) is 12.5 Å². The van der Waals surface area contributed by atoms with E-state index in [4.69, 9.17) is 4.98 Å². The first-order valence-corrected chi connectivity index (χ1v) is 14.3. The van der Waals surface area contributed by atoms with Crippen LogP contribution in [0.4, 0.5) is 11.5 Å². The molecule has 1 aromatic heterocycles. The number of likely N-dealkylation sites (tertiary alicyclic amines) is 1. The Morgan fingerprint density at radius 2 is 1.68 bits per heavy atom. The van der Waals surface area contributed by atoms with Gasteiger partial charge in [0.2, 0.25) is 5.91 Å². The summed E-state index contributed by atoms with van der Waals surface area (Å²) in [5, 5.41) is 7.95. The average Bonchev–Trinajstić information content (AvgIpc) is 3.30. The summed E-state index contributed by atoms with van der Waals surface area (Å²) in [6, 6.07) is 21.4. The third-order valence-corrected chi connectivity index (χ3v) is 9.58. The van der Waals surface area contributed by atoms with Gasteiger partial charge in [-0.1, -0.05) is 36.4 Å². The highest BCUT2D eigenvalue weighted by molar-refractivity contribution is 6.01. The SMILES string of the molecule is O=C(CC12CC3CC(CC(C3)C1)C2)Nc1cccc2nc(NC3CCN(Cc4ccccc4)C3)ccc12. The van der Waals surface area contributed by atoms with Gasteiger partial charge in [0.05, 0.1) is 11.2 Å². The van der Waals surface area contributed by atoms with Crippen molar-refractivity contribution in [1.29, 1.82) is 0 Å². The predicted molar refractivity (Wildman–Crippen MR) is 149 cm³/mol. The Labute approximate surface area is 220 Å². The first-order valence-electron chi connectivity index (χ1n) is 14.3. The number of anilines is 2. The highest BCUT2D eigenvalue weighted by atomic mass is 16.1. The van der Waals surface area contributed by atoms with Crippen LogP contribution in [0.25, 0.3) is 10.9 Å². The van der Waals surface area contributed by atoms with Gasteiger partial charge in [-0.05, 0) is 97.9 Å². The van der Waals surface area contributed by atoms with Gasteiger partial charge in [-0.25, -0.2) is 4.98 Å². The average molecular weight is 495 g/mol. The number of hydrogen-bond acceptors (Lipinski definition) is 4. The molecule has 1 atom stereocenters. The van der Waals surface area contributed by atoms with Gasteiger partial charge in [-0.15, -0.1) is 0 Å². The van der Waals surface area contributed by atoms with Crippen molar-refractivity contribution in [3.63, 3.8) is 0 Å². The van der Waals surface area contributed by atoms with Gasteiger partial charge in [0.1, 0.15) is 5.82 Å². The molecule has 2 aromatic carbocycles. The second-order valence-electron chi connectivity index (χ2n) is 12.6. The van der Waals surface area contributed by atoms with Gasteiger partial charge in [-0.2, -0.15) is 0 Å². The van der Waals surface area contributed by atoms with E-state index in [9.17, 15) is 4.79 Å².